The van der Waals surface area contributed by atoms with Crippen molar-refractivity contribution in [2.45, 2.75) is 0 Å². The zero-order chi connectivity index (χ0) is 19.1. The first-order valence-corrected chi connectivity index (χ1v) is 8.96. The Morgan fingerprint density at radius 2 is 1.81 bits per heavy atom. The number of carbonyl (C=O) groups excluding carboxylic acids is 3. The van der Waals surface area contributed by atoms with E-state index in [9.17, 15) is 14.4 Å². The molecule has 0 atom stereocenters. The van der Waals surface area contributed by atoms with Crippen LogP contribution in [0.1, 0.15) is 5.56 Å². The number of anilines is 1. The number of barbiturate groups is 1. The normalized spacial score (nSPS) is 16.3. The molecule has 0 bridgehead atoms. The molecule has 2 aromatic carbocycles. The molecule has 1 fully saturated rings. The van der Waals surface area contributed by atoms with Gasteiger partial charge in [0.15, 0.2) is 0 Å². The number of hydrogen-bond donors (Lipinski definition) is 1. The Hall–Kier alpha value is -3.19. The number of amides is 4. The molecule has 27 heavy (non-hydrogen) atoms. The number of fused-ring (bicyclic) bond motifs is 1. The van der Waals surface area contributed by atoms with E-state index in [1.807, 2.05) is 42.1 Å². The smallest absolute Gasteiger partial charge is 0.335 e. The number of imide groups is 2. The minimum absolute atomic E-state index is 0.0917. The average Bonchev–Trinajstić information content (AvgIpc) is 2.95. The monoisotopic (exact) mass is 423 g/mol. The molecule has 4 amide bonds. The minimum Gasteiger partial charge on any atom is -0.350 e. The van der Waals surface area contributed by atoms with E-state index in [0.29, 0.717) is 5.69 Å². The van der Waals surface area contributed by atoms with E-state index in [4.69, 9.17) is 0 Å². The summed E-state index contributed by atoms with van der Waals surface area (Å²) < 4.78 is 2.64. The molecule has 3 aromatic rings. The number of carbonyl (C=O) groups is 3. The fourth-order valence-electron chi connectivity index (χ4n) is 3.15. The van der Waals surface area contributed by atoms with E-state index in [-0.39, 0.29) is 5.57 Å². The number of benzene rings is 2. The molecule has 0 unspecified atom stereocenters. The predicted octanol–water partition coefficient (Wildman–Crippen LogP) is 3.61. The lowest BCUT2D eigenvalue weighted by Gasteiger charge is -2.26. The van der Waals surface area contributed by atoms with Crippen molar-refractivity contribution in [3.05, 3.63) is 70.3 Å². The molecule has 1 N–H and O–H groups in total. The number of aryl methyl sites for hydroxylation is 1. The molecule has 2 heterocycles. The van der Waals surface area contributed by atoms with E-state index in [0.717, 1.165) is 25.8 Å². The van der Waals surface area contributed by atoms with Gasteiger partial charge in [0.05, 0.1) is 5.69 Å². The summed E-state index contributed by atoms with van der Waals surface area (Å²) in [5, 5.41) is 3.16. The van der Waals surface area contributed by atoms with Crippen molar-refractivity contribution < 1.29 is 14.4 Å². The van der Waals surface area contributed by atoms with Gasteiger partial charge >= 0.3 is 6.03 Å². The molecular formula is C20H14BrN3O3. The van der Waals surface area contributed by atoms with Crippen molar-refractivity contribution in [1.29, 1.82) is 0 Å². The molecule has 1 aliphatic rings. The van der Waals surface area contributed by atoms with Gasteiger partial charge in [0.1, 0.15) is 5.57 Å². The quantitative estimate of drug-likeness (QED) is 0.505. The van der Waals surface area contributed by atoms with Crippen LogP contribution in [0.5, 0.6) is 0 Å². The fourth-order valence-corrected chi connectivity index (χ4v) is 3.54. The Kier molecular flexibility index (Phi) is 4.16. The predicted molar refractivity (Wildman–Crippen MR) is 106 cm³/mol. The van der Waals surface area contributed by atoms with Crippen LogP contribution in [-0.2, 0) is 16.6 Å². The third-order valence-electron chi connectivity index (χ3n) is 4.40. The maximum absolute atomic E-state index is 13.0. The van der Waals surface area contributed by atoms with E-state index < -0.39 is 17.8 Å². The third-order valence-corrected chi connectivity index (χ3v) is 4.89. The highest BCUT2D eigenvalue weighted by Gasteiger charge is 2.37. The van der Waals surface area contributed by atoms with Gasteiger partial charge in [0.2, 0.25) is 0 Å². The number of nitrogens with one attached hydrogen (secondary N) is 1. The molecule has 134 valence electrons. The Morgan fingerprint density at radius 3 is 2.59 bits per heavy atom. The number of aromatic nitrogens is 1. The second-order valence-corrected chi connectivity index (χ2v) is 7.07. The molecule has 0 spiro atoms. The Bertz CT molecular complexity index is 1150. The molecule has 6 nitrogen and oxygen atoms in total. The van der Waals surface area contributed by atoms with Crippen molar-refractivity contribution in [3.8, 4) is 0 Å². The van der Waals surface area contributed by atoms with E-state index in [2.05, 4.69) is 21.2 Å². The first-order chi connectivity index (χ1) is 13.0. The van der Waals surface area contributed by atoms with Crippen molar-refractivity contribution in [2.75, 3.05) is 4.90 Å². The average molecular weight is 424 g/mol. The Morgan fingerprint density at radius 1 is 1.04 bits per heavy atom. The third kappa shape index (κ3) is 2.96. The summed E-state index contributed by atoms with van der Waals surface area (Å²) in [5.74, 6) is -1.36. The molecule has 0 saturated carbocycles. The molecule has 7 heteroatoms. The van der Waals surface area contributed by atoms with Crippen LogP contribution in [-0.4, -0.2) is 22.4 Å². The van der Waals surface area contributed by atoms with Crippen LogP contribution >= 0.6 is 15.9 Å². The second kappa shape index (κ2) is 6.51. The first kappa shape index (κ1) is 17.2. The fraction of sp³-hybridized carbons (Fsp3) is 0.0500. The van der Waals surface area contributed by atoms with Gasteiger partial charge in [0, 0.05) is 34.2 Å². The number of nitrogens with zero attached hydrogens (tertiary/aromatic N) is 2. The van der Waals surface area contributed by atoms with Crippen molar-refractivity contribution in [3.63, 3.8) is 0 Å². The van der Waals surface area contributed by atoms with Gasteiger partial charge < -0.3 is 4.57 Å². The number of rotatable bonds is 2. The standard InChI is InChI=1S/C20H14BrN3O3/c1-23-11-12(15-7-2-3-8-17(15)23)9-16-18(25)22-20(27)24(19(16)26)14-6-4-5-13(21)10-14/h2-11H,1H3,(H,22,25,27)/b16-9+. The van der Waals surface area contributed by atoms with Crippen LogP contribution < -0.4 is 10.2 Å². The molecule has 1 aromatic heterocycles. The van der Waals surface area contributed by atoms with Gasteiger partial charge in [-0.25, -0.2) is 9.69 Å². The SMILES string of the molecule is Cn1cc(/C=C2\C(=O)NC(=O)N(c3cccc(Br)c3)C2=O)c2ccccc21. The summed E-state index contributed by atoms with van der Waals surface area (Å²) in [7, 11) is 1.89. The Labute approximate surface area is 163 Å². The second-order valence-electron chi connectivity index (χ2n) is 6.15. The van der Waals surface area contributed by atoms with Crippen molar-refractivity contribution in [1.82, 2.24) is 9.88 Å². The first-order valence-electron chi connectivity index (χ1n) is 8.17. The van der Waals surface area contributed by atoms with E-state index in [1.165, 1.54) is 6.08 Å². The molecular weight excluding hydrogens is 410 g/mol. The zero-order valence-corrected chi connectivity index (χ0v) is 15.9. The van der Waals surface area contributed by atoms with Crippen LogP contribution in [0.15, 0.2) is 64.8 Å². The molecule has 1 saturated heterocycles. The van der Waals surface area contributed by atoms with Gasteiger partial charge in [-0.3, -0.25) is 14.9 Å². The van der Waals surface area contributed by atoms with Crippen LogP contribution in [0.2, 0.25) is 0 Å². The number of halogens is 1. The highest BCUT2D eigenvalue weighted by Crippen LogP contribution is 2.27. The highest BCUT2D eigenvalue weighted by molar-refractivity contribution is 9.10. The maximum atomic E-state index is 13.0. The van der Waals surface area contributed by atoms with Gasteiger partial charge in [-0.05, 0) is 30.3 Å². The maximum Gasteiger partial charge on any atom is 0.335 e. The number of para-hydroxylation sites is 1. The largest absolute Gasteiger partial charge is 0.350 e. The van der Waals surface area contributed by atoms with E-state index >= 15 is 0 Å². The molecule has 0 radical (unpaired) electrons. The minimum atomic E-state index is -0.766. The lowest BCUT2D eigenvalue weighted by Crippen LogP contribution is -2.54. The number of hydrogen-bond acceptors (Lipinski definition) is 3. The van der Waals surface area contributed by atoms with Gasteiger partial charge in [-0.15, -0.1) is 0 Å². The topological polar surface area (TPSA) is 71.4 Å². The molecule has 0 aliphatic carbocycles. The summed E-state index contributed by atoms with van der Waals surface area (Å²) in [5.41, 5.74) is 2.00. The highest BCUT2D eigenvalue weighted by atomic mass is 79.9. The van der Waals surface area contributed by atoms with Crippen LogP contribution in [0.25, 0.3) is 17.0 Å². The van der Waals surface area contributed by atoms with Crippen molar-refractivity contribution >= 4 is 56.4 Å². The number of urea groups is 1. The molecule has 1 aliphatic heterocycles. The summed E-state index contributed by atoms with van der Waals surface area (Å²) in [6, 6.07) is 13.7. The lowest BCUT2D eigenvalue weighted by molar-refractivity contribution is -0.122. The van der Waals surface area contributed by atoms with Gasteiger partial charge in [-0.1, -0.05) is 40.2 Å². The van der Waals surface area contributed by atoms with Gasteiger partial charge in [-0.2, -0.15) is 0 Å². The summed E-state index contributed by atoms with van der Waals surface area (Å²) in [6.45, 7) is 0. The van der Waals surface area contributed by atoms with E-state index in [1.54, 1.807) is 24.3 Å². The molecule has 4 rings (SSSR count). The van der Waals surface area contributed by atoms with Crippen LogP contribution in [0.3, 0.4) is 0 Å². The van der Waals surface area contributed by atoms with Crippen LogP contribution in [0.4, 0.5) is 10.5 Å². The lowest BCUT2D eigenvalue weighted by atomic mass is 10.1. The summed E-state index contributed by atoms with van der Waals surface area (Å²) in [6.07, 6.45) is 3.37. The summed E-state index contributed by atoms with van der Waals surface area (Å²) in [4.78, 5) is 38.5. The Balaban J connectivity index is 1.82. The van der Waals surface area contributed by atoms with Gasteiger partial charge in [0.25, 0.3) is 11.8 Å². The zero-order valence-electron chi connectivity index (χ0n) is 14.3. The van der Waals surface area contributed by atoms with Crippen LogP contribution in [0, 0.1) is 0 Å². The summed E-state index contributed by atoms with van der Waals surface area (Å²) >= 11 is 3.33. The van der Waals surface area contributed by atoms with Crippen molar-refractivity contribution in [2.24, 2.45) is 7.05 Å².